The standard InChI is InChI=1S/C18H27NO2.C17H19NO2.C13H12Br5NO2.C13H17NO2/c1-9-18(7,8)17(21)19-16(20)15-13(5)11(3)10(2)12(4)14(15)6;1-4-17(2,3)16(20)18-15(19)14-10-9-12-7-5-6-8-13(12)11-14;1-4-13(2,3)12(21)19-11(20)5-6(14)8(16)10(18)9(17)7(5)15;1-4-13(2,3)12(16)14-11(15)10-8-6-5-7-9-10/h9H2,1-8H3,(H,19,20,21);5-11H,4H2,1-3H3,(H,18,19,20);4H2,1-3H3,(H,19,20,21);5-9H,4H2,1-3H3,(H,14,15,16). The minimum Gasteiger partial charge on any atom is -0.292 e. The molecule has 0 saturated heterocycles. The van der Waals surface area contributed by atoms with Crippen molar-refractivity contribution in [2.45, 2.75) is 143 Å². The summed E-state index contributed by atoms with van der Waals surface area (Å²) in [6.45, 7) is 32.3. The Morgan fingerprint density at radius 2 is 0.641 bits per heavy atom. The fourth-order valence-corrected chi connectivity index (χ4v) is 9.97. The van der Waals surface area contributed by atoms with Gasteiger partial charge in [-0.25, -0.2) is 0 Å². The summed E-state index contributed by atoms with van der Waals surface area (Å²) >= 11 is 16.9. The van der Waals surface area contributed by atoms with Crippen molar-refractivity contribution in [3.05, 3.63) is 145 Å². The highest BCUT2D eigenvalue weighted by Gasteiger charge is 2.32. The molecule has 4 N–H and O–H groups in total. The van der Waals surface area contributed by atoms with Gasteiger partial charge in [-0.15, -0.1) is 0 Å². The van der Waals surface area contributed by atoms with E-state index < -0.39 is 27.6 Å². The van der Waals surface area contributed by atoms with Gasteiger partial charge in [0.2, 0.25) is 23.6 Å². The van der Waals surface area contributed by atoms with E-state index >= 15 is 0 Å². The van der Waals surface area contributed by atoms with Crippen LogP contribution in [0.2, 0.25) is 0 Å². The van der Waals surface area contributed by atoms with Crippen molar-refractivity contribution >= 4 is 138 Å². The van der Waals surface area contributed by atoms with Crippen molar-refractivity contribution in [3.63, 3.8) is 0 Å². The topological polar surface area (TPSA) is 185 Å². The van der Waals surface area contributed by atoms with Crippen LogP contribution in [0.1, 0.15) is 178 Å². The Morgan fingerprint density at radius 1 is 0.346 bits per heavy atom. The quantitative estimate of drug-likeness (QED) is 0.0702. The van der Waals surface area contributed by atoms with Crippen molar-refractivity contribution in [2.75, 3.05) is 0 Å². The second-order valence-corrected chi connectivity index (χ2v) is 25.4. The van der Waals surface area contributed by atoms with E-state index in [-0.39, 0.29) is 41.4 Å². The fraction of sp³-hybridized carbons (Fsp3) is 0.410. The van der Waals surface area contributed by atoms with Gasteiger partial charge in [0.05, 0.1) is 5.56 Å². The van der Waals surface area contributed by atoms with E-state index in [2.05, 4.69) is 108 Å². The molecule has 5 aromatic carbocycles. The van der Waals surface area contributed by atoms with Crippen LogP contribution in [-0.2, 0) is 19.2 Å². The summed E-state index contributed by atoms with van der Waals surface area (Å²) in [6.07, 6.45) is 2.71. The first-order valence-electron chi connectivity index (χ1n) is 25.5. The van der Waals surface area contributed by atoms with E-state index in [1.54, 1.807) is 50.2 Å². The van der Waals surface area contributed by atoms with Gasteiger partial charge in [0, 0.05) is 60.7 Å². The van der Waals surface area contributed by atoms with Crippen LogP contribution in [0.5, 0.6) is 0 Å². The molecule has 0 aliphatic carbocycles. The summed E-state index contributed by atoms with van der Waals surface area (Å²) in [4.78, 5) is 96.9. The largest absolute Gasteiger partial charge is 0.292 e. The number of amides is 8. The van der Waals surface area contributed by atoms with Crippen LogP contribution in [0.15, 0.2) is 95.2 Å². The maximum atomic E-state index is 12.5. The zero-order valence-corrected chi connectivity index (χ0v) is 55.8. The summed E-state index contributed by atoms with van der Waals surface area (Å²) in [7, 11) is 0. The second-order valence-electron chi connectivity index (χ2n) is 21.5. The molecule has 422 valence electrons. The molecule has 0 radical (unpaired) electrons. The van der Waals surface area contributed by atoms with Crippen LogP contribution in [-0.4, -0.2) is 47.3 Å². The lowest BCUT2D eigenvalue weighted by molar-refractivity contribution is -0.129. The predicted octanol–water partition coefficient (Wildman–Crippen LogP) is 16.0. The summed E-state index contributed by atoms with van der Waals surface area (Å²) in [5.41, 5.74) is 5.16. The van der Waals surface area contributed by atoms with Crippen LogP contribution in [0.3, 0.4) is 0 Å². The molecule has 0 unspecified atom stereocenters. The van der Waals surface area contributed by atoms with E-state index in [4.69, 9.17) is 0 Å². The predicted molar refractivity (Wildman–Crippen MR) is 332 cm³/mol. The number of fused-ring (bicyclic) bond motifs is 1. The molecule has 0 atom stereocenters. The zero-order chi connectivity index (χ0) is 60.0. The fourth-order valence-electron chi connectivity index (χ4n) is 6.57. The lowest BCUT2D eigenvalue weighted by Crippen LogP contribution is -2.40. The number of benzene rings is 5. The molecule has 0 spiro atoms. The van der Waals surface area contributed by atoms with E-state index in [0.29, 0.717) is 65.8 Å². The Labute approximate surface area is 503 Å². The molecule has 78 heavy (non-hydrogen) atoms. The molecule has 0 heterocycles. The van der Waals surface area contributed by atoms with Gasteiger partial charge in [0.1, 0.15) is 0 Å². The Hall–Kier alpha value is -4.68. The first-order chi connectivity index (χ1) is 36.0. The van der Waals surface area contributed by atoms with E-state index in [1.165, 1.54) is 5.56 Å². The van der Waals surface area contributed by atoms with Gasteiger partial charge in [-0.3, -0.25) is 59.6 Å². The van der Waals surface area contributed by atoms with Gasteiger partial charge in [-0.2, -0.15) is 0 Å². The third-order valence-corrected chi connectivity index (χ3v) is 20.7. The smallest absolute Gasteiger partial charge is 0.260 e. The molecule has 0 aliphatic heterocycles. The molecule has 0 aliphatic rings. The molecule has 0 fully saturated rings. The lowest BCUT2D eigenvalue weighted by atomic mass is 9.87. The van der Waals surface area contributed by atoms with E-state index in [0.717, 1.165) is 37.5 Å². The molecule has 5 rings (SSSR count). The van der Waals surface area contributed by atoms with Crippen LogP contribution in [0.4, 0.5) is 0 Å². The van der Waals surface area contributed by atoms with Crippen LogP contribution in [0.25, 0.3) is 10.8 Å². The number of nitrogens with one attached hydrogen (secondary N) is 4. The van der Waals surface area contributed by atoms with Crippen molar-refractivity contribution in [1.29, 1.82) is 0 Å². The van der Waals surface area contributed by atoms with Gasteiger partial charge >= 0.3 is 0 Å². The van der Waals surface area contributed by atoms with Crippen molar-refractivity contribution in [1.82, 2.24) is 21.3 Å². The number of halogens is 5. The zero-order valence-electron chi connectivity index (χ0n) is 47.9. The van der Waals surface area contributed by atoms with Gasteiger partial charge < -0.3 is 0 Å². The first-order valence-corrected chi connectivity index (χ1v) is 29.5. The van der Waals surface area contributed by atoms with Gasteiger partial charge in [-0.1, -0.05) is 132 Å². The molecule has 0 bridgehead atoms. The molecule has 0 aromatic heterocycles. The Bertz CT molecular complexity index is 2910. The summed E-state index contributed by atoms with van der Waals surface area (Å²) in [5, 5.41) is 12.0. The van der Waals surface area contributed by atoms with Crippen molar-refractivity contribution < 1.29 is 38.4 Å². The maximum Gasteiger partial charge on any atom is 0.260 e. The average molecular weight is 1390 g/mol. The highest BCUT2D eigenvalue weighted by atomic mass is 79.9. The third-order valence-electron chi connectivity index (χ3n) is 14.6. The van der Waals surface area contributed by atoms with E-state index in [1.807, 2.05) is 133 Å². The summed E-state index contributed by atoms with van der Waals surface area (Å²) in [6, 6.07) is 22.0. The first kappa shape index (κ1) is 69.4. The highest BCUT2D eigenvalue weighted by Crippen LogP contribution is 2.44. The average Bonchev–Trinajstić information content (AvgIpc) is 3.41. The number of rotatable bonds is 12. The van der Waals surface area contributed by atoms with Gasteiger partial charge in [-0.05, 0) is 203 Å². The minimum atomic E-state index is -0.599. The van der Waals surface area contributed by atoms with Crippen LogP contribution < -0.4 is 21.3 Å². The van der Waals surface area contributed by atoms with E-state index in [9.17, 15) is 38.4 Å². The Balaban J connectivity index is 0.000000357. The van der Waals surface area contributed by atoms with Crippen LogP contribution >= 0.6 is 79.6 Å². The highest BCUT2D eigenvalue weighted by molar-refractivity contribution is 9.15. The van der Waals surface area contributed by atoms with Crippen molar-refractivity contribution in [3.8, 4) is 0 Å². The lowest BCUT2D eigenvalue weighted by Gasteiger charge is -2.22. The molecule has 0 saturated carbocycles. The van der Waals surface area contributed by atoms with Gasteiger partial charge in [0.15, 0.2) is 0 Å². The molecule has 17 heteroatoms. The second kappa shape index (κ2) is 29.7. The molecular weight excluding hydrogens is 1320 g/mol. The number of carbonyl (C=O) groups excluding carboxylic acids is 8. The Morgan fingerprint density at radius 3 is 1.01 bits per heavy atom. The number of hydrogen-bond donors (Lipinski definition) is 4. The molecule has 12 nitrogen and oxygen atoms in total. The third kappa shape index (κ3) is 18.2. The van der Waals surface area contributed by atoms with Crippen molar-refractivity contribution in [2.24, 2.45) is 21.7 Å². The SMILES string of the molecule is CCC(C)(C)C(=O)NC(=O)c1c(Br)c(Br)c(Br)c(Br)c1Br.CCC(C)(C)C(=O)NC(=O)c1c(C)c(C)c(C)c(C)c1C.CCC(C)(C)C(=O)NC(=O)c1ccc2ccccc2c1.CCC(C)(C)C(=O)NC(=O)c1ccccc1. The Kier molecular flexibility index (Phi) is 26.4. The normalized spacial score (nSPS) is 11.3. The van der Waals surface area contributed by atoms with Gasteiger partial charge in [0.25, 0.3) is 23.6 Å². The number of hydrogen-bond acceptors (Lipinski definition) is 8. The summed E-state index contributed by atoms with van der Waals surface area (Å²) in [5.74, 6) is -2.43. The summed E-state index contributed by atoms with van der Waals surface area (Å²) < 4.78 is 3.25. The number of carbonyl (C=O) groups is 8. The maximum absolute atomic E-state index is 12.5. The minimum absolute atomic E-state index is 0.218. The van der Waals surface area contributed by atoms with Crippen LogP contribution in [0, 0.1) is 56.3 Å². The molecule has 8 amide bonds. The molecular formula is C61H75Br5N4O8. The monoisotopic (exact) mass is 1390 g/mol. The number of imide groups is 4. The molecule has 5 aromatic rings.